The first-order valence-electron chi connectivity index (χ1n) is 10.3. The predicted octanol–water partition coefficient (Wildman–Crippen LogP) is 3.27. The van der Waals surface area contributed by atoms with Crippen LogP contribution in [0.2, 0.25) is 5.02 Å². The fourth-order valence-corrected chi connectivity index (χ4v) is 5.04. The van der Waals surface area contributed by atoms with Crippen LogP contribution in [0.4, 0.5) is 11.4 Å². The molecule has 168 valence electrons. The molecule has 9 nitrogen and oxygen atoms in total. The monoisotopic (exact) mass is 474 g/mol. The molecule has 3 heterocycles. The first-order valence-corrected chi connectivity index (χ1v) is 10.7. The third-order valence-electron chi connectivity index (χ3n) is 6.37. The van der Waals surface area contributed by atoms with E-state index in [1.165, 1.54) is 30.5 Å². The van der Waals surface area contributed by atoms with Gasteiger partial charge in [-0.25, -0.2) is 4.90 Å². The Morgan fingerprint density at radius 2 is 1.79 bits per heavy atom. The van der Waals surface area contributed by atoms with E-state index in [2.05, 4.69) is 0 Å². The summed E-state index contributed by atoms with van der Waals surface area (Å²) in [6, 6.07) is 11.8. The minimum atomic E-state index is -1.07. The molecule has 2 aromatic carbocycles. The molecule has 4 atom stereocenters. The summed E-state index contributed by atoms with van der Waals surface area (Å²) in [4.78, 5) is 54.0. The Labute approximate surface area is 198 Å². The summed E-state index contributed by atoms with van der Waals surface area (Å²) in [5.74, 6) is -3.47. The molecule has 3 aliphatic rings. The molecule has 3 aliphatic heterocycles. The molecule has 0 saturated carbocycles. The zero-order valence-electron chi connectivity index (χ0n) is 17.4. The van der Waals surface area contributed by atoms with Crippen molar-refractivity contribution in [3.63, 3.8) is 0 Å². The number of anilines is 1. The van der Waals surface area contributed by atoms with Gasteiger partial charge in [-0.1, -0.05) is 23.7 Å². The molecule has 0 bridgehead atoms. The average Bonchev–Trinajstić information content (AvgIpc) is 3.31. The fourth-order valence-electron chi connectivity index (χ4n) is 4.91. The van der Waals surface area contributed by atoms with Gasteiger partial charge in [0.2, 0.25) is 11.8 Å². The lowest BCUT2D eigenvalue weighted by molar-refractivity contribution is -0.384. The quantitative estimate of drug-likeness (QED) is 0.288. The molecule has 0 aliphatic carbocycles. The van der Waals surface area contributed by atoms with Crippen molar-refractivity contribution in [3.8, 4) is 6.07 Å². The first kappa shape index (κ1) is 21.6. The number of allylic oxidation sites excluding steroid dienone is 2. The number of carbonyl (C=O) groups is 3. The van der Waals surface area contributed by atoms with Gasteiger partial charge in [-0.15, -0.1) is 0 Å². The Morgan fingerprint density at radius 1 is 1.09 bits per heavy atom. The first-order chi connectivity index (χ1) is 16.3. The van der Waals surface area contributed by atoms with Crippen molar-refractivity contribution in [1.82, 2.24) is 4.90 Å². The Kier molecular flexibility index (Phi) is 5.03. The van der Waals surface area contributed by atoms with Crippen LogP contribution in [-0.2, 0) is 9.59 Å². The van der Waals surface area contributed by atoms with Crippen LogP contribution in [0.5, 0.6) is 0 Å². The number of Topliss-reactive ketones (excluding diaryl/α,β-unsaturated/α-hetero) is 1. The zero-order valence-corrected chi connectivity index (χ0v) is 18.1. The molecule has 0 radical (unpaired) electrons. The van der Waals surface area contributed by atoms with Gasteiger partial charge in [0, 0.05) is 28.9 Å². The van der Waals surface area contributed by atoms with Crippen molar-refractivity contribution < 1.29 is 19.3 Å². The number of nitrogens with zero attached hydrogens (tertiary/aromatic N) is 4. The number of benzene rings is 2. The summed E-state index contributed by atoms with van der Waals surface area (Å²) < 4.78 is 0. The van der Waals surface area contributed by atoms with Crippen molar-refractivity contribution in [3.05, 3.63) is 93.2 Å². The highest BCUT2D eigenvalue weighted by atomic mass is 35.5. The summed E-state index contributed by atoms with van der Waals surface area (Å²) in [7, 11) is 0. The maximum absolute atomic E-state index is 13.6. The van der Waals surface area contributed by atoms with E-state index in [9.17, 15) is 29.8 Å². The minimum absolute atomic E-state index is 0.0623. The molecule has 0 spiro atoms. The van der Waals surface area contributed by atoms with Crippen molar-refractivity contribution >= 4 is 40.6 Å². The van der Waals surface area contributed by atoms with Gasteiger partial charge < -0.3 is 4.90 Å². The van der Waals surface area contributed by atoms with E-state index >= 15 is 0 Å². The number of nitro benzene ring substituents is 1. The second-order valence-electron chi connectivity index (χ2n) is 8.14. The van der Waals surface area contributed by atoms with E-state index < -0.39 is 46.4 Å². The molecule has 0 N–H and O–H groups in total. The van der Waals surface area contributed by atoms with Crippen molar-refractivity contribution in [2.24, 2.45) is 11.8 Å². The number of hydrogen-bond acceptors (Lipinski definition) is 7. The summed E-state index contributed by atoms with van der Waals surface area (Å²) in [5, 5.41) is 21.0. The number of nitro groups is 1. The third kappa shape index (κ3) is 3.19. The second kappa shape index (κ2) is 7.93. The van der Waals surface area contributed by atoms with Gasteiger partial charge in [0.25, 0.3) is 5.69 Å². The van der Waals surface area contributed by atoms with E-state index in [0.29, 0.717) is 16.3 Å². The van der Waals surface area contributed by atoms with Crippen molar-refractivity contribution in [2.75, 3.05) is 4.90 Å². The molecule has 2 amide bonds. The molecule has 2 aromatic rings. The van der Waals surface area contributed by atoms with Gasteiger partial charge >= 0.3 is 0 Å². The number of hydrogen-bond donors (Lipinski definition) is 0. The molecular formula is C24H15ClN4O5. The fraction of sp³-hybridized carbons (Fsp3) is 0.167. The van der Waals surface area contributed by atoms with Crippen LogP contribution in [0.25, 0.3) is 0 Å². The normalized spacial score (nSPS) is 25.0. The Bertz CT molecular complexity index is 1360. The highest BCUT2D eigenvalue weighted by molar-refractivity contribution is 6.31. The number of halogens is 1. The van der Waals surface area contributed by atoms with E-state index in [-0.39, 0.29) is 11.3 Å². The van der Waals surface area contributed by atoms with Crippen LogP contribution < -0.4 is 4.90 Å². The van der Waals surface area contributed by atoms with Crippen LogP contribution in [-0.4, -0.2) is 39.5 Å². The largest absolute Gasteiger partial charge is 0.359 e. The minimum Gasteiger partial charge on any atom is -0.359 e. The highest BCUT2D eigenvalue weighted by Gasteiger charge is 2.63. The highest BCUT2D eigenvalue weighted by Crippen LogP contribution is 2.47. The number of carbonyl (C=O) groups excluding carboxylic acids is 3. The summed E-state index contributed by atoms with van der Waals surface area (Å²) >= 11 is 5.94. The standard InChI is InChI=1S/C24H15ClN4O5/c25-15-4-6-16(7-5-15)28-23(31)19-18-10-13(12-26)8-9-27(18)21(20(19)24(28)32)22(30)14-2-1-3-17(11-14)29(33)34/h1-11,18-21H/t18-,19+,20+,21-/m1/s1. The van der Waals surface area contributed by atoms with E-state index in [4.69, 9.17) is 11.6 Å². The van der Waals surface area contributed by atoms with Crippen LogP contribution in [0.15, 0.2) is 72.5 Å². The maximum Gasteiger partial charge on any atom is 0.270 e. The number of nitriles is 1. The van der Waals surface area contributed by atoms with Gasteiger partial charge in [0.05, 0.1) is 40.1 Å². The number of non-ortho nitro benzene ring substituents is 1. The van der Waals surface area contributed by atoms with E-state index in [0.717, 1.165) is 11.0 Å². The summed E-state index contributed by atoms with van der Waals surface area (Å²) in [6.45, 7) is 0. The van der Waals surface area contributed by atoms with Crippen LogP contribution in [0.3, 0.4) is 0 Å². The van der Waals surface area contributed by atoms with Gasteiger partial charge in [-0.05, 0) is 36.4 Å². The molecule has 10 heteroatoms. The Hall–Kier alpha value is -4.29. The number of amides is 2. The molecule has 2 saturated heterocycles. The summed E-state index contributed by atoms with van der Waals surface area (Å²) in [6.07, 6.45) is 4.63. The van der Waals surface area contributed by atoms with Gasteiger partial charge in [0.15, 0.2) is 5.78 Å². The number of imide groups is 1. The number of ketones is 1. The average molecular weight is 475 g/mol. The van der Waals surface area contributed by atoms with Gasteiger partial charge in [-0.3, -0.25) is 24.5 Å². The smallest absolute Gasteiger partial charge is 0.270 e. The van der Waals surface area contributed by atoms with Crippen LogP contribution in [0.1, 0.15) is 10.4 Å². The lowest BCUT2D eigenvalue weighted by Gasteiger charge is -2.32. The Morgan fingerprint density at radius 3 is 2.47 bits per heavy atom. The lowest BCUT2D eigenvalue weighted by atomic mass is 9.86. The van der Waals surface area contributed by atoms with Crippen molar-refractivity contribution in [1.29, 1.82) is 5.26 Å². The zero-order chi connectivity index (χ0) is 24.1. The molecular weight excluding hydrogens is 460 g/mol. The number of rotatable bonds is 4. The predicted molar refractivity (Wildman–Crippen MR) is 121 cm³/mol. The molecule has 0 unspecified atom stereocenters. The second-order valence-corrected chi connectivity index (χ2v) is 8.58. The van der Waals surface area contributed by atoms with Gasteiger partial charge in [0.1, 0.15) is 6.04 Å². The SMILES string of the molecule is N#CC1=C[C@@H]2[C@@H]3C(=O)N(c4ccc(Cl)cc4)C(=O)[C@@H]3[C@H](C(=O)c3cccc([N+](=O)[O-])c3)N2C=C1. The van der Waals surface area contributed by atoms with Gasteiger partial charge in [-0.2, -0.15) is 5.26 Å². The number of fused-ring (bicyclic) bond motifs is 3. The van der Waals surface area contributed by atoms with Crippen LogP contribution in [0, 0.1) is 33.3 Å². The molecule has 34 heavy (non-hydrogen) atoms. The lowest BCUT2D eigenvalue weighted by Crippen LogP contribution is -2.46. The van der Waals surface area contributed by atoms with Crippen molar-refractivity contribution in [2.45, 2.75) is 12.1 Å². The molecule has 0 aromatic heterocycles. The summed E-state index contributed by atoms with van der Waals surface area (Å²) in [5.41, 5.74) is 0.452. The van der Waals surface area contributed by atoms with E-state index in [1.54, 1.807) is 35.2 Å². The molecule has 5 rings (SSSR count). The van der Waals surface area contributed by atoms with Crippen LogP contribution >= 0.6 is 11.6 Å². The topological polar surface area (TPSA) is 125 Å². The Balaban J connectivity index is 1.60. The maximum atomic E-state index is 13.6. The van der Waals surface area contributed by atoms with E-state index in [1.807, 2.05) is 6.07 Å². The third-order valence-corrected chi connectivity index (χ3v) is 6.62. The molecule has 2 fully saturated rings.